The SMILES string of the molecule is O=C(O)c1ccc(Oc2c(F)cccc2[N+](=O)[O-])nc1. The molecule has 102 valence electrons. The van der Waals surface area contributed by atoms with Crippen molar-refractivity contribution in [1.29, 1.82) is 0 Å². The highest BCUT2D eigenvalue weighted by Crippen LogP contribution is 2.32. The predicted octanol–water partition coefficient (Wildman–Crippen LogP) is 2.62. The Hall–Kier alpha value is -3.03. The molecule has 2 aromatic rings. The highest BCUT2D eigenvalue weighted by atomic mass is 19.1. The molecule has 0 saturated carbocycles. The number of para-hydroxylation sites is 1. The molecule has 0 radical (unpaired) electrons. The third-order valence-corrected chi connectivity index (χ3v) is 2.33. The van der Waals surface area contributed by atoms with Crippen molar-refractivity contribution in [1.82, 2.24) is 4.98 Å². The molecule has 1 aromatic heterocycles. The lowest BCUT2D eigenvalue weighted by molar-refractivity contribution is -0.385. The largest absolute Gasteiger partial charge is 0.478 e. The molecule has 0 atom stereocenters. The monoisotopic (exact) mass is 278 g/mol. The van der Waals surface area contributed by atoms with Crippen LogP contribution in [-0.4, -0.2) is 21.0 Å². The molecule has 0 saturated heterocycles. The van der Waals surface area contributed by atoms with Gasteiger partial charge in [-0.15, -0.1) is 0 Å². The number of nitro benzene ring substituents is 1. The van der Waals surface area contributed by atoms with E-state index >= 15 is 0 Å². The zero-order chi connectivity index (χ0) is 14.7. The zero-order valence-corrected chi connectivity index (χ0v) is 9.82. The van der Waals surface area contributed by atoms with Crippen LogP contribution in [0.2, 0.25) is 0 Å². The average molecular weight is 278 g/mol. The molecule has 0 aliphatic rings. The van der Waals surface area contributed by atoms with Crippen molar-refractivity contribution < 1.29 is 24.0 Å². The van der Waals surface area contributed by atoms with Crippen LogP contribution in [-0.2, 0) is 0 Å². The van der Waals surface area contributed by atoms with E-state index in [1.165, 1.54) is 18.2 Å². The van der Waals surface area contributed by atoms with Crippen molar-refractivity contribution in [2.75, 3.05) is 0 Å². The second-order valence-corrected chi connectivity index (χ2v) is 3.64. The van der Waals surface area contributed by atoms with Crippen LogP contribution in [0.5, 0.6) is 11.6 Å². The van der Waals surface area contributed by atoms with Crippen molar-refractivity contribution in [3.63, 3.8) is 0 Å². The van der Waals surface area contributed by atoms with Gasteiger partial charge in [-0.05, 0) is 12.1 Å². The van der Waals surface area contributed by atoms with E-state index in [0.29, 0.717) is 0 Å². The van der Waals surface area contributed by atoms with Crippen LogP contribution in [0.25, 0.3) is 0 Å². The first-order chi connectivity index (χ1) is 9.49. The van der Waals surface area contributed by atoms with Gasteiger partial charge in [-0.2, -0.15) is 0 Å². The highest BCUT2D eigenvalue weighted by Gasteiger charge is 2.20. The molecule has 0 bridgehead atoms. The summed E-state index contributed by atoms with van der Waals surface area (Å²) in [6.07, 6.45) is 1.00. The van der Waals surface area contributed by atoms with Crippen molar-refractivity contribution in [2.45, 2.75) is 0 Å². The first-order valence-electron chi connectivity index (χ1n) is 5.29. The first kappa shape index (κ1) is 13.4. The summed E-state index contributed by atoms with van der Waals surface area (Å²) in [7, 11) is 0. The minimum absolute atomic E-state index is 0.0830. The maximum Gasteiger partial charge on any atom is 0.337 e. The Bertz CT molecular complexity index is 672. The van der Waals surface area contributed by atoms with Crippen LogP contribution in [0, 0.1) is 15.9 Å². The van der Waals surface area contributed by atoms with E-state index in [-0.39, 0.29) is 11.4 Å². The van der Waals surface area contributed by atoms with Gasteiger partial charge in [0, 0.05) is 18.3 Å². The molecular formula is C12H7FN2O5. The molecule has 0 aliphatic heterocycles. The summed E-state index contributed by atoms with van der Waals surface area (Å²) in [5, 5.41) is 19.5. The standard InChI is InChI=1S/C12H7FN2O5/c13-8-2-1-3-9(15(18)19)11(8)20-10-5-4-7(6-14-10)12(16)17/h1-6H,(H,16,17). The fourth-order valence-electron chi connectivity index (χ4n) is 1.41. The van der Waals surface area contributed by atoms with E-state index < -0.39 is 28.1 Å². The quantitative estimate of drug-likeness (QED) is 0.681. The number of nitrogens with zero attached hydrogens (tertiary/aromatic N) is 2. The number of hydrogen-bond donors (Lipinski definition) is 1. The number of pyridine rings is 1. The molecule has 1 aromatic carbocycles. The summed E-state index contributed by atoms with van der Waals surface area (Å²) in [4.78, 5) is 24.3. The smallest absolute Gasteiger partial charge is 0.337 e. The van der Waals surface area contributed by atoms with Gasteiger partial charge in [-0.3, -0.25) is 10.1 Å². The van der Waals surface area contributed by atoms with Gasteiger partial charge in [0.15, 0.2) is 5.82 Å². The predicted molar refractivity (Wildman–Crippen MR) is 64.3 cm³/mol. The van der Waals surface area contributed by atoms with Gasteiger partial charge < -0.3 is 9.84 Å². The Morgan fingerprint density at radius 3 is 2.65 bits per heavy atom. The van der Waals surface area contributed by atoms with Gasteiger partial charge in [0.25, 0.3) is 0 Å². The van der Waals surface area contributed by atoms with Crippen LogP contribution in [0.3, 0.4) is 0 Å². The Labute approximate surface area is 111 Å². The molecule has 2 rings (SSSR count). The number of nitro groups is 1. The maximum atomic E-state index is 13.6. The Morgan fingerprint density at radius 1 is 1.35 bits per heavy atom. The maximum absolute atomic E-state index is 13.6. The molecule has 0 aliphatic carbocycles. The topological polar surface area (TPSA) is 103 Å². The normalized spacial score (nSPS) is 10.1. The second kappa shape index (κ2) is 5.31. The molecule has 1 heterocycles. The minimum Gasteiger partial charge on any atom is -0.478 e. The third kappa shape index (κ3) is 2.69. The number of aromatic carboxylic acids is 1. The third-order valence-electron chi connectivity index (χ3n) is 2.33. The Balaban J connectivity index is 2.34. The van der Waals surface area contributed by atoms with Crippen molar-refractivity contribution in [3.05, 3.63) is 58.0 Å². The molecule has 1 N–H and O–H groups in total. The summed E-state index contributed by atoms with van der Waals surface area (Å²) in [5.41, 5.74) is -0.630. The number of aromatic nitrogens is 1. The summed E-state index contributed by atoms with van der Waals surface area (Å²) in [6.45, 7) is 0. The van der Waals surface area contributed by atoms with Crippen LogP contribution in [0.4, 0.5) is 10.1 Å². The number of hydrogen-bond acceptors (Lipinski definition) is 5. The zero-order valence-electron chi connectivity index (χ0n) is 9.82. The highest BCUT2D eigenvalue weighted by molar-refractivity contribution is 5.87. The summed E-state index contributed by atoms with van der Waals surface area (Å²) < 4.78 is 18.6. The molecule has 7 nitrogen and oxygen atoms in total. The fraction of sp³-hybridized carbons (Fsp3) is 0. The van der Waals surface area contributed by atoms with Gasteiger partial charge in [-0.1, -0.05) is 6.07 Å². The minimum atomic E-state index is -1.18. The van der Waals surface area contributed by atoms with Crippen molar-refractivity contribution in [2.24, 2.45) is 0 Å². The summed E-state index contributed by atoms with van der Waals surface area (Å²) in [5.74, 6) is -2.82. The molecule has 8 heteroatoms. The average Bonchev–Trinajstić information content (AvgIpc) is 2.41. The molecular weight excluding hydrogens is 271 g/mol. The van der Waals surface area contributed by atoms with Crippen molar-refractivity contribution in [3.8, 4) is 11.6 Å². The van der Waals surface area contributed by atoms with Crippen LogP contribution < -0.4 is 4.74 Å². The van der Waals surface area contributed by atoms with E-state index in [4.69, 9.17) is 9.84 Å². The van der Waals surface area contributed by atoms with Gasteiger partial charge in [0.05, 0.1) is 10.5 Å². The number of carboxylic acid groups (broad SMARTS) is 1. The number of carbonyl (C=O) groups is 1. The van der Waals surface area contributed by atoms with Gasteiger partial charge in [0.2, 0.25) is 11.6 Å². The van der Waals surface area contributed by atoms with Crippen LogP contribution in [0.15, 0.2) is 36.5 Å². The number of ether oxygens (including phenoxy) is 1. The van der Waals surface area contributed by atoms with E-state index in [2.05, 4.69) is 4.98 Å². The lowest BCUT2D eigenvalue weighted by Gasteiger charge is -2.06. The molecule has 20 heavy (non-hydrogen) atoms. The molecule has 0 spiro atoms. The molecule has 0 unspecified atom stereocenters. The number of halogens is 1. The van der Waals surface area contributed by atoms with Gasteiger partial charge in [-0.25, -0.2) is 14.2 Å². The number of carboxylic acids is 1. The van der Waals surface area contributed by atoms with Crippen molar-refractivity contribution >= 4 is 11.7 Å². The second-order valence-electron chi connectivity index (χ2n) is 3.64. The van der Waals surface area contributed by atoms with Crippen LogP contribution >= 0.6 is 0 Å². The van der Waals surface area contributed by atoms with E-state index in [1.54, 1.807) is 0 Å². The summed E-state index contributed by atoms with van der Waals surface area (Å²) in [6, 6.07) is 5.65. The lowest BCUT2D eigenvalue weighted by Crippen LogP contribution is -1.99. The molecule has 0 amide bonds. The molecule has 0 fully saturated rings. The Kier molecular flexibility index (Phi) is 3.56. The summed E-state index contributed by atoms with van der Waals surface area (Å²) >= 11 is 0. The lowest BCUT2D eigenvalue weighted by atomic mass is 10.3. The van der Waals surface area contributed by atoms with E-state index in [9.17, 15) is 19.3 Å². The van der Waals surface area contributed by atoms with E-state index in [1.807, 2.05) is 0 Å². The number of benzene rings is 1. The fourth-order valence-corrected chi connectivity index (χ4v) is 1.41. The van der Waals surface area contributed by atoms with E-state index in [0.717, 1.165) is 18.3 Å². The van der Waals surface area contributed by atoms with Gasteiger partial charge >= 0.3 is 11.7 Å². The Morgan fingerprint density at radius 2 is 2.10 bits per heavy atom. The number of rotatable bonds is 4. The first-order valence-corrected chi connectivity index (χ1v) is 5.29. The van der Waals surface area contributed by atoms with Gasteiger partial charge in [0.1, 0.15) is 0 Å². The van der Waals surface area contributed by atoms with Crippen LogP contribution in [0.1, 0.15) is 10.4 Å².